The van der Waals surface area contributed by atoms with Gasteiger partial charge in [-0.25, -0.2) is 4.39 Å². The molecule has 0 aliphatic heterocycles. The second kappa shape index (κ2) is 9.89. The largest absolute Gasteiger partial charge is 0.484 e. The molecular formula is C20H20FN3O3S. The van der Waals surface area contributed by atoms with Gasteiger partial charge in [0.25, 0.3) is 11.1 Å². The normalized spacial score (nSPS) is 10.6. The van der Waals surface area contributed by atoms with Gasteiger partial charge in [0.15, 0.2) is 6.61 Å². The molecule has 6 nitrogen and oxygen atoms in total. The zero-order valence-electron chi connectivity index (χ0n) is 15.4. The standard InChI is InChI=1S/C20H20FN3O3S/c1-14-3-2-4-17(11-14)26-12-19-23-24-20(27-19)28-13-18(25)22-10-9-15-5-7-16(21)8-6-15/h2-8,11H,9-10,12-13H2,1H3,(H,22,25). The van der Waals surface area contributed by atoms with Crippen LogP contribution in [0.25, 0.3) is 0 Å². The quantitative estimate of drug-likeness (QED) is 0.553. The SMILES string of the molecule is Cc1cccc(OCc2nnc(SCC(=O)NCCc3ccc(F)cc3)o2)c1. The Balaban J connectivity index is 1.36. The molecule has 0 radical (unpaired) electrons. The fourth-order valence-corrected chi connectivity index (χ4v) is 2.99. The highest BCUT2D eigenvalue weighted by Gasteiger charge is 2.10. The lowest BCUT2D eigenvalue weighted by Gasteiger charge is -2.04. The van der Waals surface area contributed by atoms with E-state index in [1.54, 1.807) is 12.1 Å². The third-order valence-electron chi connectivity index (χ3n) is 3.78. The second-order valence-corrected chi connectivity index (χ2v) is 7.01. The topological polar surface area (TPSA) is 77.2 Å². The van der Waals surface area contributed by atoms with Gasteiger partial charge in [0.2, 0.25) is 5.91 Å². The van der Waals surface area contributed by atoms with Gasteiger partial charge in [-0.15, -0.1) is 10.2 Å². The third-order valence-corrected chi connectivity index (χ3v) is 4.59. The number of hydrogen-bond acceptors (Lipinski definition) is 6. The van der Waals surface area contributed by atoms with Crippen LogP contribution in [0.5, 0.6) is 5.75 Å². The monoisotopic (exact) mass is 401 g/mol. The Morgan fingerprint density at radius 3 is 2.82 bits per heavy atom. The van der Waals surface area contributed by atoms with E-state index in [1.165, 1.54) is 12.1 Å². The lowest BCUT2D eigenvalue weighted by Crippen LogP contribution is -2.27. The van der Waals surface area contributed by atoms with E-state index >= 15 is 0 Å². The van der Waals surface area contributed by atoms with Crippen molar-refractivity contribution in [2.45, 2.75) is 25.2 Å². The van der Waals surface area contributed by atoms with Crippen LogP contribution in [0.3, 0.4) is 0 Å². The zero-order chi connectivity index (χ0) is 19.8. The Morgan fingerprint density at radius 2 is 2.04 bits per heavy atom. The minimum Gasteiger partial charge on any atom is -0.484 e. The van der Waals surface area contributed by atoms with Crippen LogP contribution < -0.4 is 10.1 Å². The molecule has 28 heavy (non-hydrogen) atoms. The van der Waals surface area contributed by atoms with E-state index in [0.717, 1.165) is 28.6 Å². The van der Waals surface area contributed by atoms with Gasteiger partial charge in [0.1, 0.15) is 11.6 Å². The van der Waals surface area contributed by atoms with Crippen molar-refractivity contribution < 1.29 is 18.3 Å². The number of rotatable bonds is 9. The maximum Gasteiger partial charge on any atom is 0.277 e. The molecule has 0 unspecified atom stereocenters. The third kappa shape index (κ3) is 6.38. The summed E-state index contributed by atoms with van der Waals surface area (Å²) in [6, 6.07) is 13.9. The summed E-state index contributed by atoms with van der Waals surface area (Å²) in [5.41, 5.74) is 2.06. The highest BCUT2D eigenvalue weighted by Crippen LogP contribution is 2.18. The van der Waals surface area contributed by atoms with Crippen LogP contribution in [-0.4, -0.2) is 28.4 Å². The van der Waals surface area contributed by atoms with Crippen molar-refractivity contribution in [1.82, 2.24) is 15.5 Å². The molecule has 1 N–H and O–H groups in total. The number of aryl methyl sites for hydroxylation is 1. The molecule has 3 aromatic rings. The van der Waals surface area contributed by atoms with Gasteiger partial charge in [-0.2, -0.15) is 0 Å². The van der Waals surface area contributed by atoms with Crippen molar-refractivity contribution in [2.24, 2.45) is 0 Å². The molecule has 0 saturated heterocycles. The molecule has 0 fully saturated rings. The minimum absolute atomic E-state index is 0.136. The molecule has 1 heterocycles. The van der Waals surface area contributed by atoms with Gasteiger partial charge < -0.3 is 14.5 Å². The number of amides is 1. The van der Waals surface area contributed by atoms with Crippen LogP contribution in [0.2, 0.25) is 0 Å². The summed E-state index contributed by atoms with van der Waals surface area (Å²) in [6.07, 6.45) is 0.637. The van der Waals surface area contributed by atoms with E-state index < -0.39 is 0 Å². The number of carbonyl (C=O) groups is 1. The molecule has 2 aromatic carbocycles. The molecule has 0 spiro atoms. The number of thioether (sulfide) groups is 1. The fraction of sp³-hybridized carbons (Fsp3) is 0.250. The number of carbonyl (C=O) groups excluding carboxylic acids is 1. The first-order valence-corrected chi connectivity index (χ1v) is 9.73. The van der Waals surface area contributed by atoms with Crippen LogP contribution in [-0.2, 0) is 17.8 Å². The van der Waals surface area contributed by atoms with Gasteiger partial charge in [-0.1, -0.05) is 36.0 Å². The molecule has 0 aliphatic carbocycles. The molecule has 0 bridgehead atoms. The lowest BCUT2D eigenvalue weighted by molar-refractivity contribution is -0.118. The molecule has 0 saturated carbocycles. The van der Waals surface area contributed by atoms with Gasteiger partial charge >= 0.3 is 0 Å². The van der Waals surface area contributed by atoms with E-state index in [4.69, 9.17) is 9.15 Å². The van der Waals surface area contributed by atoms with Crippen LogP contribution in [0.4, 0.5) is 4.39 Å². The maximum absolute atomic E-state index is 12.9. The predicted molar refractivity (Wildman–Crippen MR) is 104 cm³/mol. The summed E-state index contributed by atoms with van der Waals surface area (Å²) in [5.74, 6) is 0.841. The highest BCUT2D eigenvalue weighted by atomic mass is 32.2. The second-order valence-electron chi connectivity index (χ2n) is 6.08. The minimum atomic E-state index is -0.271. The number of ether oxygens (including phenoxy) is 1. The first kappa shape index (κ1) is 19.9. The molecule has 8 heteroatoms. The van der Waals surface area contributed by atoms with Crippen LogP contribution >= 0.6 is 11.8 Å². The molecule has 1 aromatic heterocycles. The Hall–Kier alpha value is -2.87. The summed E-state index contributed by atoms with van der Waals surface area (Å²) >= 11 is 1.16. The van der Waals surface area contributed by atoms with Gasteiger partial charge in [-0.3, -0.25) is 4.79 Å². The first-order valence-electron chi connectivity index (χ1n) is 8.74. The summed E-state index contributed by atoms with van der Waals surface area (Å²) in [4.78, 5) is 11.9. The number of halogens is 1. The molecule has 146 valence electrons. The smallest absolute Gasteiger partial charge is 0.277 e. The summed E-state index contributed by atoms with van der Waals surface area (Å²) in [6.45, 7) is 2.63. The Kier molecular flexibility index (Phi) is 7.02. The fourth-order valence-electron chi connectivity index (χ4n) is 2.38. The van der Waals surface area contributed by atoms with E-state index in [1.807, 2.05) is 31.2 Å². The average molecular weight is 401 g/mol. The molecule has 3 rings (SSSR count). The van der Waals surface area contributed by atoms with Crippen LogP contribution in [0, 0.1) is 12.7 Å². The molecule has 0 atom stereocenters. The zero-order valence-corrected chi connectivity index (χ0v) is 16.2. The Morgan fingerprint density at radius 1 is 1.21 bits per heavy atom. The summed E-state index contributed by atoms with van der Waals surface area (Å²) < 4.78 is 23.9. The van der Waals surface area contributed by atoms with Crippen molar-refractivity contribution in [3.63, 3.8) is 0 Å². The van der Waals surface area contributed by atoms with Gasteiger partial charge in [0, 0.05) is 6.54 Å². The van der Waals surface area contributed by atoms with E-state index in [0.29, 0.717) is 24.1 Å². The van der Waals surface area contributed by atoms with Gasteiger partial charge in [0.05, 0.1) is 5.75 Å². The molecule has 1 amide bonds. The molecule has 0 aliphatic rings. The van der Waals surface area contributed by atoms with Crippen LogP contribution in [0.15, 0.2) is 58.2 Å². The maximum atomic E-state index is 12.9. The number of nitrogens with zero attached hydrogens (tertiary/aromatic N) is 2. The average Bonchev–Trinajstić information content (AvgIpc) is 3.14. The van der Waals surface area contributed by atoms with Crippen molar-refractivity contribution in [3.05, 3.63) is 71.4 Å². The summed E-state index contributed by atoms with van der Waals surface area (Å²) in [5, 5.41) is 10.9. The Labute approximate surface area is 166 Å². The van der Waals surface area contributed by atoms with Crippen molar-refractivity contribution >= 4 is 17.7 Å². The number of nitrogens with one attached hydrogen (secondary N) is 1. The highest BCUT2D eigenvalue weighted by molar-refractivity contribution is 7.99. The molecular weight excluding hydrogens is 381 g/mol. The number of aromatic nitrogens is 2. The van der Waals surface area contributed by atoms with Crippen molar-refractivity contribution in [3.8, 4) is 5.75 Å². The van der Waals surface area contributed by atoms with E-state index in [9.17, 15) is 9.18 Å². The predicted octanol–water partition coefficient (Wildman–Crippen LogP) is 3.55. The first-order chi connectivity index (χ1) is 13.6. The van der Waals surface area contributed by atoms with E-state index in [2.05, 4.69) is 15.5 Å². The lowest BCUT2D eigenvalue weighted by atomic mass is 10.1. The summed E-state index contributed by atoms with van der Waals surface area (Å²) in [7, 11) is 0. The number of benzene rings is 2. The van der Waals surface area contributed by atoms with Gasteiger partial charge in [-0.05, 0) is 48.7 Å². The van der Waals surface area contributed by atoms with Crippen molar-refractivity contribution in [2.75, 3.05) is 12.3 Å². The van der Waals surface area contributed by atoms with E-state index in [-0.39, 0.29) is 24.1 Å². The van der Waals surface area contributed by atoms with Crippen LogP contribution in [0.1, 0.15) is 17.0 Å². The number of hydrogen-bond donors (Lipinski definition) is 1. The van der Waals surface area contributed by atoms with Crippen molar-refractivity contribution in [1.29, 1.82) is 0 Å². The Bertz CT molecular complexity index is 915.